The number of thiazole rings is 1. The fourth-order valence-corrected chi connectivity index (χ4v) is 5.26. The van der Waals surface area contributed by atoms with Crippen LogP contribution in [-0.4, -0.2) is 70.3 Å². The number of carbonyl (C=O) groups excluding carboxylic acids is 2. The molecule has 7 atom stereocenters. The Morgan fingerprint density at radius 3 is 2.67 bits per heavy atom. The van der Waals surface area contributed by atoms with E-state index in [9.17, 15) is 19.8 Å². The van der Waals surface area contributed by atoms with Gasteiger partial charge in [-0.15, -0.1) is 11.3 Å². The molecule has 2 unspecified atom stereocenters. The molecule has 2 saturated heterocycles. The SMILES string of the molecule is CC[C@H]1C(=O)C(C)(C)[C@@H](O)CC(=O)N[C@H](C(C)=Cc2csc(C)n2)CC2OC2(F)COC[C@H](C)[C@@H]1O. The molecule has 3 rings (SSSR count). The Balaban J connectivity index is 1.87. The molecule has 2 aliphatic rings. The highest BCUT2D eigenvalue weighted by Gasteiger charge is 2.59. The van der Waals surface area contributed by atoms with E-state index in [0.717, 1.165) is 16.3 Å². The van der Waals surface area contributed by atoms with E-state index in [1.807, 2.05) is 25.3 Å². The molecule has 1 aromatic heterocycles. The number of nitrogens with one attached hydrogen (secondary N) is 1. The molecule has 2 fully saturated rings. The summed E-state index contributed by atoms with van der Waals surface area (Å²) in [6.45, 7) is 10.2. The molecule has 3 heterocycles. The van der Waals surface area contributed by atoms with Crippen LogP contribution < -0.4 is 5.32 Å². The van der Waals surface area contributed by atoms with Crippen LogP contribution >= 0.6 is 11.3 Å². The molecule has 0 aromatic carbocycles. The number of alkyl halides is 1. The zero-order chi connectivity index (χ0) is 26.8. The van der Waals surface area contributed by atoms with E-state index in [0.29, 0.717) is 6.42 Å². The number of ether oxygens (including phenoxy) is 2. The summed E-state index contributed by atoms with van der Waals surface area (Å²) in [4.78, 5) is 30.8. The molecular formula is C26H39FN2O6S. The molecule has 2 aliphatic heterocycles. The van der Waals surface area contributed by atoms with Crippen molar-refractivity contribution in [2.45, 2.75) is 91.0 Å². The summed E-state index contributed by atoms with van der Waals surface area (Å²) in [5, 5.41) is 27.5. The van der Waals surface area contributed by atoms with Crippen LogP contribution in [0.5, 0.6) is 0 Å². The summed E-state index contributed by atoms with van der Waals surface area (Å²) in [5.74, 6) is -3.97. The van der Waals surface area contributed by atoms with Crippen molar-refractivity contribution in [2.75, 3.05) is 13.2 Å². The highest BCUT2D eigenvalue weighted by molar-refractivity contribution is 7.09. The maximum atomic E-state index is 15.2. The van der Waals surface area contributed by atoms with E-state index in [2.05, 4.69) is 10.3 Å². The van der Waals surface area contributed by atoms with Crippen LogP contribution in [0.3, 0.4) is 0 Å². The lowest BCUT2D eigenvalue weighted by molar-refractivity contribution is -0.145. The summed E-state index contributed by atoms with van der Waals surface area (Å²) in [6, 6.07) is -0.565. The monoisotopic (exact) mass is 526 g/mol. The number of hydrogen-bond donors (Lipinski definition) is 3. The van der Waals surface area contributed by atoms with Crippen molar-refractivity contribution in [3.63, 3.8) is 0 Å². The lowest BCUT2D eigenvalue weighted by Gasteiger charge is -2.35. The lowest BCUT2D eigenvalue weighted by Crippen LogP contribution is -2.48. The van der Waals surface area contributed by atoms with Crippen molar-refractivity contribution in [2.24, 2.45) is 17.3 Å². The van der Waals surface area contributed by atoms with Gasteiger partial charge in [-0.2, -0.15) is 0 Å². The average molecular weight is 527 g/mol. The molecule has 1 aromatic rings. The van der Waals surface area contributed by atoms with E-state index in [1.54, 1.807) is 27.7 Å². The van der Waals surface area contributed by atoms with E-state index < -0.39 is 53.4 Å². The molecule has 0 aliphatic carbocycles. The number of aromatic nitrogens is 1. The van der Waals surface area contributed by atoms with Gasteiger partial charge in [0.1, 0.15) is 18.5 Å². The second-order valence-corrected chi connectivity index (χ2v) is 11.8. The predicted molar refractivity (Wildman–Crippen MR) is 135 cm³/mol. The number of aliphatic hydroxyl groups is 2. The Labute approximate surface area is 216 Å². The standard InChI is InChI=1S/C26H39FN2O6S/c1-7-18-23(32)15(3)11-34-13-26(27)21(35-26)9-19(14(2)8-17-12-36-16(4)28-17)29-22(31)10-20(30)25(5,6)24(18)33/h8,12,15,18-21,23,30,32H,7,9-11,13H2,1-6H3,(H,29,31)/t15-,18+,19-,20-,21?,23-,26?/m0/s1. The Bertz CT molecular complexity index is 981. The molecule has 36 heavy (non-hydrogen) atoms. The van der Waals surface area contributed by atoms with Gasteiger partial charge in [0.05, 0.1) is 47.4 Å². The number of halogens is 1. The molecule has 0 spiro atoms. The number of carbonyl (C=O) groups is 2. The Morgan fingerprint density at radius 2 is 2.06 bits per heavy atom. The van der Waals surface area contributed by atoms with Crippen molar-refractivity contribution < 1.29 is 33.7 Å². The minimum atomic E-state index is -1.98. The van der Waals surface area contributed by atoms with E-state index in [4.69, 9.17) is 9.47 Å². The van der Waals surface area contributed by atoms with Crippen LogP contribution in [0.25, 0.3) is 6.08 Å². The first-order valence-corrected chi connectivity index (χ1v) is 13.4. The van der Waals surface area contributed by atoms with Crippen molar-refractivity contribution in [3.05, 3.63) is 21.7 Å². The normalized spacial score (nSPS) is 36.8. The first-order chi connectivity index (χ1) is 16.8. The van der Waals surface area contributed by atoms with E-state index in [-0.39, 0.29) is 31.8 Å². The van der Waals surface area contributed by atoms with Gasteiger partial charge in [0, 0.05) is 23.6 Å². The minimum absolute atomic E-state index is 0.0535. The smallest absolute Gasteiger partial charge is 0.259 e. The number of aryl methyl sites for hydroxylation is 1. The molecule has 0 saturated carbocycles. The molecular weight excluding hydrogens is 487 g/mol. The molecule has 3 N–H and O–H groups in total. The van der Waals surface area contributed by atoms with Gasteiger partial charge >= 0.3 is 0 Å². The number of rotatable bonds is 3. The maximum absolute atomic E-state index is 15.2. The second kappa shape index (κ2) is 11.3. The average Bonchev–Trinajstić information content (AvgIpc) is 3.24. The molecule has 202 valence electrons. The van der Waals surface area contributed by atoms with Crippen molar-refractivity contribution in [1.29, 1.82) is 0 Å². The number of epoxide rings is 1. The molecule has 0 radical (unpaired) electrons. The number of amides is 1. The van der Waals surface area contributed by atoms with Gasteiger partial charge in [-0.05, 0) is 31.9 Å². The van der Waals surface area contributed by atoms with Crippen molar-refractivity contribution in [1.82, 2.24) is 10.3 Å². The summed E-state index contributed by atoms with van der Waals surface area (Å²) < 4.78 is 26.1. The largest absolute Gasteiger partial charge is 0.392 e. The quantitative estimate of drug-likeness (QED) is 0.517. The summed E-state index contributed by atoms with van der Waals surface area (Å²) in [7, 11) is 0. The van der Waals surface area contributed by atoms with Crippen LogP contribution in [-0.2, 0) is 19.1 Å². The maximum Gasteiger partial charge on any atom is 0.259 e. The van der Waals surface area contributed by atoms with Gasteiger partial charge in [0.25, 0.3) is 5.85 Å². The highest BCUT2D eigenvalue weighted by Crippen LogP contribution is 2.42. The van der Waals surface area contributed by atoms with Gasteiger partial charge in [-0.1, -0.05) is 27.7 Å². The molecule has 1 amide bonds. The molecule has 8 nitrogen and oxygen atoms in total. The van der Waals surface area contributed by atoms with Crippen LogP contribution in [0.2, 0.25) is 0 Å². The highest BCUT2D eigenvalue weighted by atomic mass is 32.1. The number of ketones is 1. The molecule has 0 bridgehead atoms. The second-order valence-electron chi connectivity index (χ2n) is 10.7. The molecule has 10 heteroatoms. The van der Waals surface area contributed by atoms with Gasteiger partial charge in [0.15, 0.2) is 0 Å². The minimum Gasteiger partial charge on any atom is -0.392 e. The number of fused-ring (bicyclic) bond motifs is 1. The zero-order valence-corrected chi connectivity index (χ0v) is 22.7. The van der Waals surface area contributed by atoms with Crippen LogP contribution in [0.1, 0.15) is 64.6 Å². The van der Waals surface area contributed by atoms with E-state index >= 15 is 4.39 Å². The number of Topliss-reactive ketones (excluding diaryl/α,β-unsaturated/α-hetero) is 1. The third-order valence-electron chi connectivity index (χ3n) is 7.41. The Hall–Kier alpha value is -1.72. The Morgan fingerprint density at radius 1 is 1.36 bits per heavy atom. The topological polar surface area (TPSA) is 121 Å². The summed E-state index contributed by atoms with van der Waals surface area (Å²) >= 11 is 1.50. The Kier molecular flexibility index (Phi) is 9.09. The van der Waals surface area contributed by atoms with Gasteiger partial charge in [-0.3, -0.25) is 9.59 Å². The zero-order valence-electron chi connectivity index (χ0n) is 21.9. The fraction of sp³-hybridized carbons (Fsp3) is 0.731. The van der Waals surface area contributed by atoms with Gasteiger partial charge in [0.2, 0.25) is 5.91 Å². The van der Waals surface area contributed by atoms with Crippen LogP contribution in [0, 0.1) is 24.2 Å². The first-order valence-electron chi connectivity index (χ1n) is 12.5. The number of nitrogens with zero attached hydrogens (tertiary/aromatic N) is 1. The van der Waals surface area contributed by atoms with Crippen LogP contribution in [0.15, 0.2) is 11.0 Å². The number of aliphatic hydroxyl groups excluding tert-OH is 2. The van der Waals surface area contributed by atoms with Crippen LogP contribution in [0.4, 0.5) is 4.39 Å². The third-order valence-corrected chi connectivity index (χ3v) is 8.20. The van der Waals surface area contributed by atoms with Crippen molar-refractivity contribution >= 4 is 29.1 Å². The lowest BCUT2D eigenvalue weighted by atomic mass is 9.72. The first kappa shape index (κ1) is 28.8. The van der Waals surface area contributed by atoms with Gasteiger partial charge in [-0.25, -0.2) is 9.37 Å². The summed E-state index contributed by atoms with van der Waals surface area (Å²) in [5.41, 5.74) is 0.247. The number of hydrogen-bond acceptors (Lipinski definition) is 8. The summed E-state index contributed by atoms with van der Waals surface area (Å²) in [6.07, 6.45) is -1.02. The predicted octanol–water partition coefficient (Wildman–Crippen LogP) is 3.19. The third kappa shape index (κ3) is 6.58. The van der Waals surface area contributed by atoms with Crippen molar-refractivity contribution in [3.8, 4) is 0 Å². The fourth-order valence-electron chi connectivity index (χ4n) is 4.69. The van der Waals surface area contributed by atoms with Gasteiger partial charge < -0.3 is 25.0 Å². The van der Waals surface area contributed by atoms with E-state index in [1.165, 1.54) is 11.3 Å².